The SMILES string of the molecule is Nc1cc(Cl)ccc1NC(=O)CCOc1cccc(F)c1. The fourth-order valence-corrected chi connectivity index (χ4v) is 1.86. The minimum atomic E-state index is -0.383. The number of hydrogen-bond acceptors (Lipinski definition) is 3. The number of nitrogens with one attached hydrogen (secondary N) is 1. The van der Waals surface area contributed by atoms with Crippen LogP contribution in [0.25, 0.3) is 0 Å². The molecule has 0 saturated carbocycles. The molecule has 110 valence electrons. The van der Waals surface area contributed by atoms with E-state index in [0.29, 0.717) is 22.1 Å². The van der Waals surface area contributed by atoms with Crippen LogP contribution in [-0.2, 0) is 4.79 Å². The lowest BCUT2D eigenvalue weighted by molar-refractivity contribution is -0.116. The highest BCUT2D eigenvalue weighted by atomic mass is 35.5. The summed E-state index contributed by atoms with van der Waals surface area (Å²) in [6.45, 7) is 0.142. The number of nitrogens with two attached hydrogens (primary N) is 1. The van der Waals surface area contributed by atoms with E-state index in [9.17, 15) is 9.18 Å². The van der Waals surface area contributed by atoms with Crippen molar-refractivity contribution in [2.75, 3.05) is 17.7 Å². The van der Waals surface area contributed by atoms with Gasteiger partial charge in [-0.3, -0.25) is 4.79 Å². The van der Waals surface area contributed by atoms with Gasteiger partial charge in [-0.25, -0.2) is 4.39 Å². The number of halogens is 2. The van der Waals surface area contributed by atoms with Crippen molar-refractivity contribution in [3.05, 3.63) is 53.3 Å². The van der Waals surface area contributed by atoms with Crippen molar-refractivity contribution >= 4 is 28.9 Å². The Morgan fingerprint density at radius 3 is 2.81 bits per heavy atom. The van der Waals surface area contributed by atoms with Crippen LogP contribution in [0, 0.1) is 5.82 Å². The van der Waals surface area contributed by atoms with Gasteiger partial charge in [0.25, 0.3) is 0 Å². The molecule has 0 spiro atoms. The van der Waals surface area contributed by atoms with Crippen molar-refractivity contribution in [2.24, 2.45) is 0 Å². The maximum absolute atomic E-state index is 12.9. The third kappa shape index (κ3) is 4.65. The number of ether oxygens (including phenoxy) is 1. The van der Waals surface area contributed by atoms with E-state index >= 15 is 0 Å². The molecule has 0 saturated heterocycles. The van der Waals surface area contributed by atoms with E-state index in [1.54, 1.807) is 30.3 Å². The molecule has 2 aromatic carbocycles. The molecule has 2 rings (SSSR count). The second-order valence-electron chi connectivity index (χ2n) is 4.34. The van der Waals surface area contributed by atoms with Gasteiger partial charge in [-0.1, -0.05) is 17.7 Å². The van der Waals surface area contributed by atoms with Crippen LogP contribution in [0.3, 0.4) is 0 Å². The van der Waals surface area contributed by atoms with Crippen molar-refractivity contribution < 1.29 is 13.9 Å². The molecule has 0 aliphatic carbocycles. The average Bonchev–Trinajstić information content (AvgIpc) is 2.42. The van der Waals surface area contributed by atoms with Crippen LogP contribution in [0.2, 0.25) is 5.02 Å². The Morgan fingerprint density at radius 1 is 1.29 bits per heavy atom. The largest absolute Gasteiger partial charge is 0.493 e. The van der Waals surface area contributed by atoms with Gasteiger partial charge in [0.05, 0.1) is 24.4 Å². The van der Waals surface area contributed by atoms with E-state index in [-0.39, 0.29) is 24.8 Å². The molecule has 6 heteroatoms. The maximum Gasteiger partial charge on any atom is 0.227 e. The minimum Gasteiger partial charge on any atom is -0.493 e. The zero-order valence-corrected chi connectivity index (χ0v) is 11.9. The number of nitrogen functional groups attached to an aromatic ring is 1. The first-order chi connectivity index (χ1) is 10.0. The first-order valence-electron chi connectivity index (χ1n) is 6.28. The summed E-state index contributed by atoms with van der Waals surface area (Å²) in [5.41, 5.74) is 6.62. The van der Waals surface area contributed by atoms with E-state index in [2.05, 4.69) is 5.32 Å². The lowest BCUT2D eigenvalue weighted by Crippen LogP contribution is -2.16. The Bertz CT molecular complexity index is 649. The molecule has 0 fully saturated rings. The molecule has 1 amide bonds. The molecule has 0 bridgehead atoms. The molecule has 0 unspecified atom stereocenters. The summed E-state index contributed by atoms with van der Waals surface area (Å²) < 4.78 is 18.2. The Balaban J connectivity index is 1.82. The van der Waals surface area contributed by atoms with Gasteiger partial charge < -0.3 is 15.8 Å². The second kappa shape index (κ2) is 6.95. The van der Waals surface area contributed by atoms with Gasteiger partial charge in [0, 0.05) is 11.1 Å². The summed E-state index contributed by atoms with van der Waals surface area (Å²) in [5, 5.41) is 3.16. The van der Waals surface area contributed by atoms with E-state index < -0.39 is 0 Å². The van der Waals surface area contributed by atoms with Crippen LogP contribution in [0.4, 0.5) is 15.8 Å². The van der Waals surface area contributed by atoms with Crippen molar-refractivity contribution in [3.63, 3.8) is 0 Å². The molecule has 0 aliphatic heterocycles. The van der Waals surface area contributed by atoms with Crippen LogP contribution in [0.1, 0.15) is 6.42 Å². The zero-order chi connectivity index (χ0) is 15.2. The van der Waals surface area contributed by atoms with Crippen LogP contribution in [-0.4, -0.2) is 12.5 Å². The topological polar surface area (TPSA) is 64.3 Å². The maximum atomic E-state index is 12.9. The Hall–Kier alpha value is -2.27. The number of carbonyl (C=O) groups excluding carboxylic acids is 1. The third-order valence-corrected chi connectivity index (χ3v) is 2.92. The van der Waals surface area contributed by atoms with Gasteiger partial charge in [0.15, 0.2) is 0 Å². The fourth-order valence-electron chi connectivity index (χ4n) is 1.68. The Labute approximate surface area is 126 Å². The molecule has 2 aromatic rings. The summed E-state index contributed by atoms with van der Waals surface area (Å²) in [5.74, 6) is -0.250. The lowest BCUT2D eigenvalue weighted by atomic mass is 10.2. The fraction of sp³-hybridized carbons (Fsp3) is 0.133. The van der Waals surface area contributed by atoms with Crippen LogP contribution in [0.5, 0.6) is 5.75 Å². The number of rotatable bonds is 5. The number of benzene rings is 2. The van der Waals surface area contributed by atoms with Crippen LogP contribution in [0.15, 0.2) is 42.5 Å². The summed E-state index contributed by atoms with van der Waals surface area (Å²) in [6, 6.07) is 10.6. The molecular weight excluding hydrogens is 295 g/mol. The number of anilines is 2. The molecule has 0 atom stereocenters. The normalized spacial score (nSPS) is 10.2. The van der Waals surface area contributed by atoms with E-state index in [4.69, 9.17) is 22.1 Å². The Morgan fingerprint density at radius 2 is 2.10 bits per heavy atom. The highest BCUT2D eigenvalue weighted by Gasteiger charge is 2.06. The quantitative estimate of drug-likeness (QED) is 0.831. The monoisotopic (exact) mass is 308 g/mol. The second-order valence-corrected chi connectivity index (χ2v) is 4.77. The zero-order valence-electron chi connectivity index (χ0n) is 11.1. The van der Waals surface area contributed by atoms with Gasteiger partial charge >= 0.3 is 0 Å². The van der Waals surface area contributed by atoms with Crippen LogP contribution < -0.4 is 15.8 Å². The molecule has 0 aliphatic rings. The van der Waals surface area contributed by atoms with Crippen molar-refractivity contribution in [2.45, 2.75) is 6.42 Å². The van der Waals surface area contributed by atoms with E-state index in [1.165, 1.54) is 12.1 Å². The van der Waals surface area contributed by atoms with Crippen LogP contribution >= 0.6 is 11.6 Å². The molecule has 3 N–H and O–H groups in total. The number of carbonyl (C=O) groups is 1. The summed E-state index contributed by atoms with van der Waals surface area (Å²) in [7, 11) is 0. The van der Waals surface area contributed by atoms with Crippen molar-refractivity contribution in [1.82, 2.24) is 0 Å². The Kier molecular flexibility index (Phi) is 5.00. The summed E-state index contributed by atoms with van der Waals surface area (Å²) in [6.07, 6.45) is 0.124. The van der Waals surface area contributed by atoms with Gasteiger partial charge in [-0.15, -0.1) is 0 Å². The summed E-state index contributed by atoms with van der Waals surface area (Å²) >= 11 is 5.77. The molecule has 0 heterocycles. The van der Waals surface area contributed by atoms with E-state index in [1.807, 2.05) is 0 Å². The minimum absolute atomic E-state index is 0.124. The first kappa shape index (κ1) is 15.1. The smallest absolute Gasteiger partial charge is 0.227 e. The highest BCUT2D eigenvalue weighted by Crippen LogP contribution is 2.22. The van der Waals surface area contributed by atoms with Gasteiger partial charge in [0.2, 0.25) is 5.91 Å². The van der Waals surface area contributed by atoms with Crippen molar-refractivity contribution in [1.29, 1.82) is 0 Å². The average molecular weight is 309 g/mol. The predicted molar refractivity (Wildman–Crippen MR) is 81.0 cm³/mol. The standard InChI is InChI=1S/C15H14ClFN2O2/c16-10-4-5-14(13(18)8-10)19-15(20)6-7-21-12-3-1-2-11(17)9-12/h1-5,8-9H,6-7,18H2,(H,19,20). The van der Waals surface area contributed by atoms with Crippen molar-refractivity contribution in [3.8, 4) is 5.75 Å². The van der Waals surface area contributed by atoms with E-state index in [0.717, 1.165) is 0 Å². The van der Waals surface area contributed by atoms with Gasteiger partial charge in [0.1, 0.15) is 11.6 Å². The van der Waals surface area contributed by atoms with Gasteiger partial charge in [-0.2, -0.15) is 0 Å². The van der Waals surface area contributed by atoms with Gasteiger partial charge in [-0.05, 0) is 30.3 Å². The summed E-state index contributed by atoms with van der Waals surface area (Å²) in [4.78, 5) is 11.8. The number of amides is 1. The first-order valence-corrected chi connectivity index (χ1v) is 6.65. The predicted octanol–water partition coefficient (Wildman–Crippen LogP) is 3.47. The third-order valence-electron chi connectivity index (χ3n) is 2.68. The molecule has 0 aromatic heterocycles. The number of hydrogen-bond donors (Lipinski definition) is 2. The molecular formula is C15H14ClFN2O2. The molecule has 0 radical (unpaired) electrons. The molecule has 4 nitrogen and oxygen atoms in total. The highest BCUT2D eigenvalue weighted by molar-refractivity contribution is 6.31. The molecule has 21 heavy (non-hydrogen) atoms. The lowest BCUT2D eigenvalue weighted by Gasteiger charge is -2.09.